The van der Waals surface area contributed by atoms with E-state index in [-0.39, 0.29) is 25.0 Å². The minimum atomic E-state index is -0.508. The van der Waals surface area contributed by atoms with E-state index in [0.717, 1.165) is 69.3 Å². The molecule has 1 fully saturated rings. The molecule has 14 nitrogen and oxygen atoms in total. The lowest BCUT2D eigenvalue weighted by Crippen LogP contribution is -2.39. The maximum Gasteiger partial charge on any atom is 0.340 e. The van der Waals surface area contributed by atoms with Crippen LogP contribution < -0.4 is 0 Å². The second-order valence-corrected chi connectivity index (χ2v) is 15.7. The number of allylic oxidation sites excluding steroid dienone is 1. The number of methoxy groups -OCH3 is 2. The van der Waals surface area contributed by atoms with Crippen LogP contribution in [-0.4, -0.2) is 113 Å². The number of aromatic amines is 2. The van der Waals surface area contributed by atoms with Gasteiger partial charge in [-0.25, -0.2) is 9.78 Å². The Hall–Kier alpha value is -5.15. The molecule has 0 aromatic carbocycles. The number of aliphatic hydroxyl groups is 2. The van der Waals surface area contributed by atoms with Crippen LogP contribution in [-0.2, 0) is 52.6 Å². The van der Waals surface area contributed by atoms with Crippen molar-refractivity contribution in [1.29, 1.82) is 0 Å². The zero-order valence-electron chi connectivity index (χ0n) is 37.6. The second-order valence-electron chi connectivity index (χ2n) is 15.7. The van der Waals surface area contributed by atoms with Gasteiger partial charge >= 0.3 is 11.9 Å². The van der Waals surface area contributed by atoms with Crippen molar-refractivity contribution >= 4 is 57.6 Å². The summed E-state index contributed by atoms with van der Waals surface area (Å²) in [6, 6.07) is 6.16. The number of carbonyl (C=O) groups excluding carboxylic acids is 3. The van der Waals surface area contributed by atoms with Gasteiger partial charge in [0.15, 0.2) is 6.29 Å². The number of hydrogen-bond donors (Lipinski definition) is 4. The fourth-order valence-corrected chi connectivity index (χ4v) is 7.65. The van der Waals surface area contributed by atoms with Crippen LogP contribution in [0.25, 0.3) is 39.3 Å². The largest absolute Gasteiger partial charge is 0.469 e. The van der Waals surface area contributed by atoms with Crippen molar-refractivity contribution < 1.29 is 43.5 Å². The molecule has 3 aromatic rings. The summed E-state index contributed by atoms with van der Waals surface area (Å²) in [5.74, 6) is -0.858. The molecule has 0 spiro atoms. The zero-order valence-corrected chi connectivity index (χ0v) is 37.6. The van der Waals surface area contributed by atoms with Gasteiger partial charge in [-0.05, 0) is 80.5 Å². The van der Waals surface area contributed by atoms with E-state index in [9.17, 15) is 19.5 Å². The van der Waals surface area contributed by atoms with Crippen LogP contribution in [0.1, 0.15) is 117 Å². The number of aromatic nitrogens is 4. The Kier molecular flexibility index (Phi) is 18.0. The Balaban J connectivity index is 0.000000342. The summed E-state index contributed by atoms with van der Waals surface area (Å²) < 4.78 is 21.1. The fraction of sp³-hybridized carbons (Fsp3) is 0.511. The van der Waals surface area contributed by atoms with E-state index >= 15 is 0 Å². The standard InChI is InChI=1S/C33H36N4O4.C11H21NO5.C3H8/c1-9-20-17(4)24-13-23-16(3)11-27(34-23)22(12-30(38)40-7)32-31(33(39)41-8)19(6)26(37-32)15-29-21(10-2)18(5)25(36-29)14-28(20)35-24;1-12(8-14)3-2-4-16-11-6-9(15)5-10(7-13)17-11;1-3-2/h9,13-16,35-36H,1,10-12H2,2-8H3;8-11,13,15H,2-7H2,1H3;3H2,1-2H3. The third kappa shape index (κ3) is 11.8. The Morgan fingerprint density at radius 1 is 0.984 bits per heavy atom. The van der Waals surface area contributed by atoms with Crippen LogP contribution in [0.3, 0.4) is 0 Å². The van der Waals surface area contributed by atoms with Crippen molar-refractivity contribution in [3.05, 3.63) is 75.4 Å². The van der Waals surface area contributed by atoms with Gasteiger partial charge in [-0.1, -0.05) is 46.8 Å². The van der Waals surface area contributed by atoms with Gasteiger partial charge < -0.3 is 44.0 Å². The number of nitrogens with zero attached hydrogens (tertiary/aromatic N) is 3. The predicted molar refractivity (Wildman–Crippen MR) is 239 cm³/mol. The molecule has 4 unspecified atom stereocenters. The molecule has 0 radical (unpaired) electrons. The van der Waals surface area contributed by atoms with Crippen LogP contribution >= 0.6 is 0 Å². The molecule has 4 atom stereocenters. The molecule has 14 heteroatoms. The molecule has 8 bridgehead atoms. The normalized spacial score (nSPS) is 18.3. The number of carbonyl (C=O) groups is 3. The number of fused-ring (bicyclic) bond motifs is 8. The maximum atomic E-state index is 13.1. The lowest BCUT2D eigenvalue weighted by Gasteiger charge is -2.32. The summed E-state index contributed by atoms with van der Waals surface area (Å²) in [4.78, 5) is 54.8. The number of aliphatic hydroxyl groups excluding tert-OH is 2. The molecular weight excluding hydrogens is 779 g/mol. The summed E-state index contributed by atoms with van der Waals surface area (Å²) in [6.07, 6.45) is 5.53. The van der Waals surface area contributed by atoms with Crippen molar-refractivity contribution in [2.24, 2.45) is 0 Å². The summed E-state index contributed by atoms with van der Waals surface area (Å²) >= 11 is 0. The number of H-pyrrole nitrogens is 2. The quantitative estimate of drug-likeness (QED) is 0.0830. The average Bonchev–Trinajstić information content (AvgIpc) is 3.95. The van der Waals surface area contributed by atoms with Gasteiger partial charge in [0.05, 0.1) is 63.0 Å². The molecule has 332 valence electrons. The van der Waals surface area contributed by atoms with Crippen molar-refractivity contribution in [1.82, 2.24) is 24.8 Å². The van der Waals surface area contributed by atoms with E-state index in [1.807, 2.05) is 19.1 Å². The van der Waals surface area contributed by atoms with Crippen LogP contribution in [0.4, 0.5) is 0 Å². The lowest BCUT2D eigenvalue weighted by atomic mass is 9.97. The maximum absolute atomic E-state index is 13.1. The van der Waals surface area contributed by atoms with E-state index in [0.29, 0.717) is 66.2 Å². The third-order valence-corrected chi connectivity index (χ3v) is 11.0. The molecule has 1 saturated heterocycles. The minimum Gasteiger partial charge on any atom is -0.469 e. The smallest absolute Gasteiger partial charge is 0.340 e. The molecule has 6 rings (SSSR count). The van der Waals surface area contributed by atoms with Crippen molar-refractivity contribution in [2.75, 3.05) is 41.0 Å². The van der Waals surface area contributed by atoms with Gasteiger partial charge in [0.1, 0.15) is 0 Å². The Labute approximate surface area is 359 Å². The molecular formula is C47H65N5O9. The number of esters is 2. The highest BCUT2D eigenvalue weighted by Crippen LogP contribution is 2.37. The number of rotatable bonds is 12. The van der Waals surface area contributed by atoms with Gasteiger partial charge in [-0.15, -0.1) is 0 Å². The Morgan fingerprint density at radius 3 is 2.30 bits per heavy atom. The molecule has 0 saturated carbocycles. The number of aryl methyl sites for hydroxylation is 3. The van der Waals surface area contributed by atoms with Crippen molar-refractivity contribution in [3.8, 4) is 0 Å². The van der Waals surface area contributed by atoms with Crippen molar-refractivity contribution in [2.45, 2.75) is 118 Å². The van der Waals surface area contributed by atoms with Gasteiger partial charge in [0.25, 0.3) is 0 Å². The first kappa shape index (κ1) is 48.5. The zero-order chi connectivity index (χ0) is 45.0. The predicted octanol–water partition coefficient (Wildman–Crippen LogP) is 7.06. The van der Waals surface area contributed by atoms with Crippen LogP contribution in [0.2, 0.25) is 0 Å². The summed E-state index contributed by atoms with van der Waals surface area (Å²) in [5, 5.41) is 18.5. The molecule has 3 aromatic heterocycles. The highest BCUT2D eigenvalue weighted by molar-refractivity contribution is 6.25. The highest BCUT2D eigenvalue weighted by Gasteiger charge is 2.31. The summed E-state index contributed by atoms with van der Waals surface area (Å²) in [7, 11) is 4.41. The molecule has 3 aliphatic heterocycles. The fourth-order valence-electron chi connectivity index (χ4n) is 7.65. The molecule has 4 N–H and O–H groups in total. The summed E-state index contributed by atoms with van der Waals surface area (Å²) in [6.45, 7) is 19.6. The third-order valence-electron chi connectivity index (χ3n) is 11.0. The first-order valence-corrected chi connectivity index (χ1v) is 21.1. The lowest BCUT2D eigenvalue weighted by molar-refractivity contribution is -0.221. The van der Waals surface area contributed by atoms with Crippen LogP contribution in [0.15, 0.2) is 24.8 Å². The molecule has 0 aliphatic carbocycles. The van der Waals surface area contributed by atoms with Gasteiger partial charge in [0, 0.05) is 76.9 Å². The SMILES string of the molecule is C=Cc1c(C)c2cc3nc(c(CC(=O)OC)c4nc(cc5[nH]c(cc1[nH]2)c(C)c5CC)C(C)=C4C(=O)OC)CC3C.CCC.CN(C=O)CCCOC1CC(O)CC(CO)O1. The van der Waals surface area contributed by atoms with Gasteiger partial charge in [0.2, 0.25) is 6.41 Å². The molecule has 61 heavy (non-hydrogen) atoms. The number of hydrogen-bond acceptors (Lipinski definition) is 11. The van der Waals surface area contributed by atoms with Crippen LogP contribution in [0, 0.1) is 13.8 Å². The molecule has 3 aliphatic rings. The first-order valence-electron chi connectivity index (χ1n) is 21.1. The molecule has 1 amide bonds. The number of ether oxygens (including phenoxy) is 4. The van der Waals surface area contributed by atoms with Gasteiger partial charge in [-0.2, -0.15) is 0 Å². The summed E-state index contributed by atoms with van der Waals surface area (Å²) in [5.41, 5.74) is 12.4. The van der Waals surface area contributed by atoms with E-state index in [2.05, 4.69) is 70.2 Å². The topological polar surface area (TPSA) is 189 Å². The second kappa shape index (κ2) is 22.6. The monoisotopic (exact) mass is 843 g/mol. The average molecular weight is 844 g/mol. The Morgan fingerprint density at radius 2 is 1.67 bits per heavy atom. The Bertz CT molecular complexity index is 2240. The van der Waals surface area contributed by atoms with E-state index < -0.39 is 24.3 Å². The highest BCUT2D eigenvalue weighted by atomic mass is 16.7. The van der Waals surface area contributed by atoms with Crippen LogP contribution in [0.5, 0.6) is 0 Å². The van der Waals surface area contributed by atoms with E-state index in [1.165, 1.54) is 25.5 Å². The first-order chi connectivity index (χ1) is 29.2. The van der Waals surface area contributed by atoms with Gasteiger partial charge in [-0.3, -0.25) is 14.6 Å². The van der Waals surface area contributed by atoms with E-state index in [1.54, 1.807) is 7.05 Å². The minimum absolute atomic E-state index is 0.0670. The van der Waals surface area contributed by atoms with E-state index in [4.69, 9.17) is 34.0 Å². The number of nitrogens with one attached hydrogen (secondary N) is 2. The molecule has 6 heterocycles. The number of amides is 1. The van der Waals surface area contributed by atoms with Crippen molar-refractivity contribution in [3.63, 3.8) is 0 Å².